The average molecular weight is 216 g/mol. The Bertz CT molecular complexity index is 117. The largest absolute Gasteiger partial charge is 0.417 e. The molecule has 14 heavy (non-hydrogen) atoms. The second kappa shape index (κ2) is 7.47. The van der Waals surface area contributed by atoms with E-state index in [1.807, 2.05) is 0 Å². The first kappa shape index (κ1) is 14.2. The lowest BCUT2D eigenvalue weighted by atomic mass is 10.3. The van der Waals surface area contributed by atoms with Gasteiger partial charge in [-0.25, -0.2) is 0 Å². The van der Waals surface area contributed by atoms with Gasteiger partial charge < -0.3 is 4.43 Å². The van der Waals surface area contributed by atoms with E-state index < -0.39 is 8.32 Å². The normalized spacial score (nSPS) is 12.4. The van der Waals surface area contributed by atoms with Gasteiger partial charge in [0.2, 0.25) is 0 Å². The molecule has 0 unspecified atom stereocenters. The van der Waals surface area contributed by atoms with Crippen molar-refractivity contribution in [2.45, 2.75) is 65.6 Å². The van der Waals surface area contributed by atoms with Gasteiger partial charge >= 0.3 is 0 Å². The summed E-state index contributed by atoms with van der Waals surface area (Å²) in [5, 5.41) is 0. The van der Waals surface area contributed by atoms with Crippen molar-refractivity contribution in [3.63, 3.8) is 0 Å². The molecule has 0 aromatic heterocycles. The SMILES string of the molecule is CCC[Si](CCC)(CC(C)C)OCC. The van der Waals surface area contributed by atoms with Crippen LogP contribution in [-0.4, -0.2) is 14.9 Å². The van der Waals surface area contributed by atoms with Gasteiger partial charge in [0.05, 0.1) is 0 Å². The summed E-state index contributed by atoms with van der Waals surface area (Å²) >= 11 is 0. The summed E-state index contributed by atoms with van der Waals surface area (Å²) in [5.41, 5.74) is 0. The highest BCUT2D eigenvalue weighted by molar-refractivity contribution is 6.73. The van der Waals surface area contributed by atoms with Gasteiger partial charge in [-0.1, -0.05) is 40.5 Å². The second-order valence-corrected chi connectivity index (χ2v) is 8.78. The van der Waals surface area contributed by atoms with E-state index in [2.05, 4.69) is 34.6 Å². The summed E-state index contributed by atoms with van der Waals surface area (Å²) in [7, 11) is -1.36. The smallest absolute Gasteiger partial charge is 0.192 e. The highest BCUT2D eigenvalue weighted by Gasteiger charge is 2.33. The maximum Gasteiger partial charge on any atom is 0.192 e. The molecule has 0 aromatic rings. The van der Waals surface area contributed by atoms with Crippen LogP contribution >= 0.6 is 0 Å². The van der Waals surface area contributed by atoms with Gasteiger partial charge in [0.1, 0.15) is 0 Å². The zero-order valence-electron chi connectivity index (χ0n) is 10.7. The average Bonchev–Trinajstić information content (AvgIpc) is 2.03. The van der Waals surface area contributed by atoms with E-state index in [1.54, 1.807) is 0 Å². The van der Waals surface area contributed by atoms with Crippen molar-refractivity contribution in [1.82, 2.24) is 0 Å². The van der Waals surface area contributed by atoms with Gasteiger partial charge in [-0.2, -0.15) is 0 Å². The van der Waals surface area contributed by atoms with E-state index >= 15 is 0 Å². The van der Waals surface area contributed by atoms with Gasteiger partial charge in [0, 0.05) is 6.61 Å². The quantitative estimate of drug-likeness (QED) is 0.545. The fraction of sp³-hybridized carbons (Fsp3) is 1.00. The Morgan fingerprint density at radius 2 is 1.50 bits per heavy atom. The van der Waals surface area contributed by atoms with Crippen LogP contribution in [0.15, 0.2) is 0 Å². The summed E-state index contributed by atoms with van der Waals surface area (Å²) in [6.07, 6.45) is 2.58. The molecule has 0 heterocycles. The summed E-state index contributed by atoms with van der Waals surface area (Å²) < 4.78 is 6.16. The maximum atomic E-state index is 6.16. The van der Waals surface area contributed by atoms with Crippen LogP contribution in [-0.2, 0) is 4.43 Å². The van der Waals surface area contributed by atoms with E-state index in [-0.39, 0.29) is 0 Å². The minimum atomic E-state index is -1.36. The van der Waals surface area contributed by atoms with Gasteiger partial charge in [-0.15, -0.1) is 0 Å². The van der Waals surface area contributed by atoms with Crippen LogP contribution in [0, 0.1) is 5.92 Å². The van der Waals surface area contributed by atoms with E-state index in [4.69, 9.17) is 4.43 Å². The fourth-order valence-electron chi connectivity index (χ4n) is 2.49. The van der Waals surface area contributed by atoms with Crippen molar-refractivity contribution < 1.29 is 4.43 Å². The van der Waals surface area contributed by atoms with Crippen LogP contribution in [0.5, 0.6) is 0 Å². The van der Waals surface area contributed by atoms with Crippen molar-refractivity contribution in [3.05, 3.63) is 0 Å². The summed E-state index contributed by atoms with van der Waals surface area (Å²) in [6.45, 7) is 12.3. The number of rotatable bonds is 8. The molecule has 0 aliphatic heterocycles. The summed E-state index contributed by atoms with van der Waals surface area (Å²) in [5.74, 6) is 0.798. The Labute approximate surface area is 91.4 Å². The van der Waals surface area contributed by atoms with E-state index in [1.165, 1.54) is 31.0 Å². The zero-order chi connectivity index (χ0) is 11.0. The number of hydrogen-bond donors (Lipinski definition) is 0. The molecule has 1 nitrogen and oxygen atoms in total. The Hall–Kier alpha value is 0.177. The van der Waals surface area contributed by atoms with Crippen molar-refractivity contribution >= 4 is 8.32 Å². The Morgan fingerprint density at radius 3 is 1.79 bits per heavy atom. The summed E-state index contributed by atoms with van der Waals surface area (Å²) in [6, 6.07) is 4.06. The highest BCUT2D eigenvalue weighted by atomic mass is 28.4. The third kappa shape index (κ3) is 5.16. The third-order valence-electron chi connectivity index (χ3n) is 2.64. The lowest BCUT2D eigenvalue weighted by molar-refractivity contribution is 0.312. The van der Waals surface area contributed by atoms with E-state index in [9.17, 15) is 0 Å². The molecule has 0 aliphatic carbocycles. The highest BCUT2D eigenvalue weighted by Crippen LogP contribution is 2.29. The Kier molecular flexibility index (Phi) is 7.56. The van der Waals surface area contributed by atoms with Gasteiger partial charge in [0.25, 0.3) is 0 Å². The Morgan fingerprint density at radius 1 is 1.00 bits per heavy atom. The monoisotopic (exact) mass is 216 g/mol. The lowest BCUT2D eigenvalue weighted by Crippen LogP contribution is -2.39. The predicted molar refractivity (Wildman–Crippen MR) is 67.2 cm³/mol. The molecule has 2 heteroatoms. The molecular weight excluding hydrogens is 188 g/mol. The van der Waals surface area contributed by atoms with Crippen LogP contribution in [0.25, 0.3) is 0 Å². The van der Waals surface area contributed by atoms with E-state index in [0.29, 0.717) is 0 Å². The molecule has 0 saturated heterocycles. The van der Waals surface area contributed by atoms with Crippen LogP contribution < -0.4 is 0 Å². The molecule has 0 spiro atoms. The van der Waals surface area contributed by atoms with Gasteiger partial charge in [0.15, 0.2) is 8.32 Å². The standard InChI is InChI=1S/C12H28OSi/c1-6-9-14(10-7-2,13-8-3)11-12(4)5/h12H,6-11H2,1-5H3. The molecule has 0 amide bonds. The topological polar surface area (TPSA) is 9.23 Å². The minimum absolute atomic E-state index is 0.798. The lowest BCUT2D eigenvalue weighted by Gasteiger charge is -2.32. The maximum absolute atomic E-state index is 6.16. The fourth-order valence-corrected chi connectivity index (χ4v) is 7.48. The molecule has 0 aromatic carbocycles. The molecule has 86 valence electrons. The molecule has 0 aliphatic rings. The van der Waals surface area contributed by atoms with Crippen molar-refractivity contribution in [2.75, 3.05) is 6.61 Å². The van der Waals surface area contributed by atoms with Gasteiger partial charge in [-0.05, 0) is 31.0 Å². The molecule has 0 radical (unpaired) electrons. The first-order valence-electron chi connectivity index (χ1n) is 6.24. The van der Waals surface area contributed by atoms with Crippen LogP contribution in [0.1, 0.15) is 47.5 Å². The van der Waals surface area contributed by atoms with Crippen LogP contribution in [0.2, 0.25) is 18.1 Å². The zero-order valence-corrected chi connectivity index (χ0v) is 11.7. The van der Waals surface area contributed by atoms with Crippen LogP contribution in [0.4, 0.5) is 0 Å². The predicted octanol–water partition coefficient (Wildman–Crippen LogP) is 4.44. The molecule has 0 bridgehead atoms. The molecule has 0 rings (SSSR count). The first-order valence-corrected chi connectivity index (χ1v) is 8.77. The summed E-state index contributed by atoms with van der Waals surface area (Å²) in [4.78, 5) is 0. The third-order valence-corrected chi connectivity index (χ3v) is 7.93. The molecule has 0 saturated carbocycles. The first-order chi connectivity index (χ1) is 6.60. The molecule has 0 N–H and O–H groups in total. The van der Waals surface area contributed by atoms with Crippen molar-refractivity contribution in [2.24, 2.45) is 5.92 Å². The van der Waals surface area contributed by atoms with Gasteiger partial charge in [-0.3, -0.25) is 0 Å². The molecule has 0 atom stereocenters. The molecule has 0 fully saturated rings. The molecular formula is C12H28OSi. The Balaban J connectivity index is 4.37. The second-order valence-electron chi connectivity index (χ2n) is 4.71. The minimum Gasteiger partial charge on any atom is -0.417 e. The van der Waals surface area contributed by atoms with Crippen molar-refractivity contribution in [1.29, 1.82) is 0 Å². The number of hydrogen-bond acceptors (Lipinski definition) is 1. The van der Waals surface area contributed by atoms with E-state index in [0.717, 1.165) is 12.5 Å². The van der Waals surface area contributed by atoms with Crippen LogP contribution in [0.3, 0.4) is 0 Å². The van der Waals surface area contributed by atoms with Crippen molar-refractivity contribution in [3.8, 4) is 0 Å².